The Kier molecular flexibility index (Phi) is 6.31. The maximum atomic E-state index is 12.3. The zero-order valence-electron chi connectivity index (χ0n) is 16.4. The summed E-state index contributed by atoms with van der Waals surface area (Å²) in [6.07, 6.45) is 1.03. The van der Waals surface area contributed by atoms with Gasteiger partial charge in [-0.05, 0) is 48.4 Å². The number of nitrogen functional groups attached to an aromatic ring is 1. The minimum atomic E-state index is -1.05. The predicted molar refractivity (Wildman–Crippen MR) is 114 cm³/mol. The van der Waals surface area contributed by atoms with E-state index in [2.05, 4.69) is 20.6 Å². The summed E-state index contributed by atoms with van der Waals surface area (Å²) in [6.45, 7) is 2.32. The SMILES string of the molecule is CCCC(NC(=O)c1ccc(NCc2ccc3nc(N)[nH]c(=O)c3c2)cc1)C(=O)O. The van der Waals surface area contributed by atoms with Crippen molar-refractivity contribution in [3.8, 4) is 0 Å². The van der Waals surface area contributed by atoms with Gasteiger partial charge < -0.3 is 21.5 Å². The van der Waals surface area contributed by atoms with Crippen molar-refractivity contribution in [3.63, 3.8) is 0 Å². The third-order valence-electron chi connectivity index (χ3n) is 4.61. The third kappa shape index (κ3) is 4.93. The van der Waals surface area contributed by atoms with E-state index in [9.17, 15) is 14.4 Å². The van der Waals surface area contributed by atoms with Crippen LogP contribution in [0.1, 0.15) is 35.7 Å². The van der Waals surface area contributed by atoms with E-state index in [-0.39, 0.29) is 11.5 Å². The average Bonchev–Trinajstić information content (AvgIpc) is 2.72. The number of carbonyl (C=O) groups excluding carboxylic acids is 1. The zero-order chi connectivity index (χ0) is 21.7. The Hall–Kier alpha value is -3.88. The van der Waals surface area contributed by atoms with Crippen molar-refractivity contribution < 1.29 is 14.7 Å². The molecule has 1 atom stereocenters. The summed E-state index contributed by atoms with van der Waals surface area (Å²) >= 11 is 0. The number of aromatic amines is 1. The van der Waals surface area contributed by atoms with Gasteiger partial charge in [0.25, 0.3) is 11.5 Å². The van der Waals surface area contributed by atoms with Crippen LogP contribution in [0.3, 0.4) is 0 Å². The number of nitrogens with two attached hydrogens (primary N) is 1. The smallest absolute Gasteiger partial charge is 0.326 e. The first-order chi connectivity index (χ1) is 14.4. The van der Waals surface area contributed by atoms with Crippen molar-refractivity contribution in [1.82, 2.24) is 15.3 Å². The van der Waals surface area contributed by atoms with E-state index < -0.39 is 17.9 Å². The molecule has 9 nitrogen and oxygen atoms in total. The van der Waals surface area contributed by atoms with E-state index in [1.54, 1.807) is 36.4 Å². The van der Waals surface area contributed by atoms with E-state index in [0.717, 1.165) is 11.3 Å². The Labute approximate surface area is 172 Å². The molecular formula is C21H23N5O4. The average molecular weight is 409 g/mol. The van der Waals surface area contributed by atoms with Crippen LogP contribution >= 0.6 is 0 Å². The van der Waals surface area contributed by atoms with Gasteiger partial charge in [0.05, 0.1) is 10.9 Å². The zero-order valence-corrected chi connectivity index (χ0v) is 16.4. The maximum absolute atomic E-state index is 12.3. The van der Waals surface area contributed by atoms with Crippen LogP contribution in [0.2, 0.25) is 0 Å². The summed E-state index contributed by atoms with van der Waals surface area (Å²) in [5.41, 5.74) is 7.82. The molecule has 0 radical (unpaired) electrons. The van der Waals surface area contributed by atoms with Gasteiger partial charge in [0, 0.05) is 17.8 Å². The quantitative estimate of drug-likeness (QED) is 0.382. The van der Waals surface area contributed by atoms with Crippen LogP contribution in [0.5, 0.6) is 0 Å². The summed E-state index contributed by atoms with van der Waals surface area (Å²) in [5, 5.41) is 15.4. The van der Waals surface area contributed by atoms with Crippen molar-refractivity contribution >= 4 is 34.4 Å². The van der Waals surface area contributed by atoms with Crippen LogP contribution in [0.4, 0.5) is 11.6 Å². The van der Waals surface area contributed by atoms with Crippen molar-refractivity contribution in [2.24, 2.45) is 0 Å². The molecule has 6 N–H and O–H groups in total. The minimum absolute atomic E-state index is 0.0758. The number of carboxylic acids is 1. The van der Waals surface area contributed by atoms with Gasteiger partial charge in [-0.1, -0.05) is 19.4 Å². The summed E-state index contributed by atoms with van der Waals surface area (Å²) in [6, 6.07) is 11.2. The molecule has 3 aromatic rings. The number of anilines is 2. The van der Waals surface area contributed by atoms with Crippen LogP contribution in [0.15, 0.2) is 47.3 Å². The number of rotatable bonds is 8. The number of nitrogens with one attached hydrogen (secondary N) is 3. The number of aliphatic carboxylic acids is 1. The molecule has 0 saturated carbocycles. The number of benzene rings is 2. The number of H-pyrrole nitrogens is 1. The second-order valence-electron chi connectivity index (χ2n) is 6.89. The molecule has 0 spiro atoms. The summed E-state index contributed by atoms with van der Waals surface area (Å²) < 4.78 is 0. The number of hydrogen-bond donors (Lipinski definition) is 5. The minimum Gasteiger partial charge on any atom is -0.480 e. The molecule has 0 aliphatic rings. The second kappa shape index (κ2) is 9.08. The Morgan fingerprint density at radius 3 is 2.60 bits per heavy atom. The van der Waals surface area contributed by atoms with Crippen LogP contribution in [-0.4, -0.2) is 33.0 Å². The standard InChI is InChI=1S/C21H23N5O4/c1-2-3-17(20(29)30)24-18(27)13-5-7-14(8-6-13)23-11-12-4-9-16-15(10-12)19(28)26-21(22)25-16/h4-10,17,23H,2-3,11H2,1H3,(H,24,27)(H,29,30)(H3,22,25,26,28). The third-order valence-corrected chi connectivity index (χ3v) is 4.61. The molecule has 0 aliphatic carbocycles. The van der Waals surface area contributed by atoms with Gasteiger partial charge in [-0.15, -0.1) is 0 Å². The summed E-state index contributed by atoms with van der Waals surface area (Å²) in [4.78, 5) is 42.0. The van der Waals surface area contributed by atoms with Gasteiger partial charge in [0.15, 0.2) is 0 Å². The Balaban J connectivity index is 1.64. The van der Waals surface area contributed by atoms with Gasteiger partial charge in [-0.3, -0.25) is 14.6 Å². The molecule has 1 unspecified atom stereocenters. The first kappa shape index (κ1) is 20.8. The highest BCUT2D eigenvalue weighted by Crippen LogP contribution is 2.15. The molecule has 30 heavy (non-hydrogen) atoms. The van der Waals surface area contributed by atoms with E-state index >= 15 is 0 Å². The lowest BCUT2D eigenvalue weighted by Crippen LogP contribution is -2.40. The molecule has 9 heteroatoms. The van der Waals surface area contributed by atoms with Crippen LogP contribution < -0.4 is 21.9 Å². The number of nitrogens with zero attached hydrogens (tertiary/aromatic N) is 1. The van der Waals surface area contributed by atoms with E-state index in [0.29, 0.717) is 35.9 Å². The molecular weight excluding hydrogens is 386 g/mol. The molecule has 0 bridgehead atoms. The topological polar surface area (TPSA) is 150 Å². The van der Waals surface area contributed by atoms with E-state index in [1.807, 2.05) is 13.0 Å². The van der Waals surface area contributed by atoms with E-state index in [4.69, 9.17) is 10.8 Å². The largest absolute Gasteiger partial charge is 0.480 e. The van der Waals surface area contributed by atoms with Gasteiger partial charge in [0.1, 0.15) is 6.04 Å². The van der Waals surface area contributed by atoms with Crippen LogP contribution in [-0.2, 0) is 11.3 Å². The molecule has 3 rings (SSSR count). The fourth-order valence-electron chi connectivity index (χ4n) is 3.05. The lowest BCUT2D eigenvalue weighted by molar-refractivity contribution is -0.139. The highest BCUT2D eigenvalue weighted by atomic mass is 16.4. The molecule has 156 valence electrons. The molecule has 1 amide bonds. The lowest BCUT2D eigenvalue weighted by Gasteiger charge is -2.14. The fourth-order valence-corrected chi connectivity index (χ4v) is 3.05. The number of aromatic nitrogens is 2. The van der Waals surface area contributed by atoms with E-state index in [1.165, 1.54) is 0 Å². The summed E-state index contributed by atoms with van der Waals surface area (Å²) in [5.74, 6) is -1.40. The number of amides is 1. The maximum Gasteiger partial charge on any atom is 0.326 e. The molecule has 0 aliphatic heterocycles. The molecule has 0 fully saturated rings. The van der Waals surface area contributed by atoms with Gasteiger partial charge in [-0.2, -0.15) is 0 Å². The predicted octanol–water partition coefficient (Wildman–Crippen LogP) is 2.10. The van der Waals surface area contributed by atoms with Crippen LogP contribution in [0, 0.1) is 0 Å². The van der Waals surface area contributed by atoms with Crippen molar-refractivity contribution in [3.05, 3.63) is 63.9 Å². The van der Waals surface area contributed by atoms with Gasteiger partial charge in [-0.25, -0.2) is 9.78 Å². The lowest BCUT2D eigenvalue weighted by atomic mass is 10.1. The molecule has 1 aromatic heterocycles. The highest BCUT2D eigenvalue weighted by molar-refractivity contribution is 5.96. The monoisotopic (exact) mass is 409 g/mol. The van der Waals surface area contributed by atoms with Gasteiger partial charge >= 0.3 is 5.97 Å². The second-order valence-corrected chi connectivity index (χ2v) is 6.89. The highest BCUT2D eigenvalue weighted by Gasteiger charge is 2.19. The van der Waals surface area contributed by atoms with Gasteiger partial charge in [0.2, 0.25) is 5.95 Å². The first-order valence-electron chi connectivity index (χ1n) is 9.53. The normalized spacial score (nSPS) is 11.8. The molecule has 1 heterocycles. The fraction of sp³-hybridized carbons (Fsp3) is 0.238. The number of carboxylic acid groups (broad SMARTS) is 1. The van der Waals surface area contributed by atoms with Crippen molar-refractivity contribution in [2.75, 3.05) is 11.1 Å². The molecule has 0 saturated heterocycles. The number of carbonyl (C=O) groups is 2. The van der Waals surface area contributed by atoms with Crippen LogP contribution in [0.25, 0.3) is 10.9 Å². The van der Waals surface area contributed by atoms with Crippen molar-refractivity contribution in [2.45, 2.75) is 32.4 Å². The first-order valence-corrected chi connectivity index (χ1v) is 9.53. The number of hydrogen-bond acceptors (Lipinski definition) is 6. The summed E-state index contributed by atoms with van der Waals surface area (Å²) in [7, 11) is 0. The van der Waals surface area contributed by atoms with Crippen molar-refractivity contribution in [1.29, 1.82) is 0 Å². The Morgan fingerprint density at radius 2 is 1.93 bits per heavy atom. The Morgan fingerprint density at radius 1 is 1.20 bits per heavy atom. The Bertz CT molecular complexity index is 1120. The number of fused-ring (bicyclic) bond motifs is 1. The molecule has 2 aromatic carbocycles.